The molecule has 0 amide bonds. The molecule has 1 fully saturated rings. The zero-order chi connectivity index (χ0) is 27.5. The lowest BCUT2D eigenvalue weighted by molar-refractivity contribution is 0.345. The highest BCUT2D eigenvalue weighted by molar-refractivity contribution is 7.80. The number of fused-ring (bicyclic) bond motifs is 3. The van der Waals surface area contributed by atoms with Crippen molar-refractivity contribution >= 4 is 50.1 Å². The summed E-state index contributed by atoms with van der Waals surface area (Å²) in [6, 6.07) is 9.99. The van der Waals surface area contributed by atoms with Gasteiger partial charge >= 0.3 is 0 Å². The Kier molecular flexibility index (Phi) is 8.13. The number of rotatable bonds is 4. The molecular weight excluding hydrogens is 528 g/mol. The predicted octanol–water partition coefficient (Wildman–Crippen LogP) is 6.08. The van der Waals surface area contributed by atoms with Crippen LogP contribution in [0.25, 0.3) is 26.1 Å². The number of aryl methyl sites for hydroxylation is 2. The molecular formula is C29H32N6O2S2. The van der Waals surface area contributed by atoms with Gasteiger partial charge in [0.25, 0.3) is 11.1 Å². The first-order chi connectivity index (χ1) is 18.9. The van der Waals surface area contributed by atoms with Crippen molar-refractivity contribution in [3.63, 3.8) is 0 Å². The molecule has 0 radical (unpaired) electrons. The Hall–Kier alpha value is -3.50. The van der Waals surface area contributed by atoms with Crippen molar-refractivity contribution in [2.24, 2.45) is 0 Å². The Morgan fingerprint density at radius 3 is 2.46 bits per heavy atom. The van der Waals surface area contributed by atoms with E-state index in [2.05, 4.69) is 39.8 Å². The van der Waals surface area contributed by atoms with Crippen LogP contribution in [0.1, 0.15) is 56.5 Å². The Morgan fingerprint density at radius 1 is 1.00 bits per heavy atom. The summed E-state index contributed by atoms with van der Waals surface area (Å²) in [5, 5.41) is 4.32. The fourth-order valence-electron chi connectivity index (χ4n) is 5.05. The Balaban J connectivity index is 0.000000169. The van der Waals surface area contributed by atoms with Gasteiger partial charge in [0, 0.05) is 30.7 Å². The smallest absolute Gasteiger partial charge is 0.271 e. The van der Waals surface area contributed by atoms with E-state index in [-0.39, 0.29) is 11.1 Å². The topological polar surface area (TPSA) is 94.7 Å². The predicted molar refractivity (Wildman–Crippen MR) is 162 cm³/mol. The molecule has 0 atom stereocenters. The molecule has 6 rings (SSSR count). The highest BCUT2D eigenvalue weighted by atomic mass is 32.1. The van der Waals surface area contributed by atoms with Crippen LogP contribution in [0.15, 0.2) is 63.5 Å². The molecule has 4 aromatic heterocycles. The van der Waals surface area contributed by atoms with Gasteiger partial charge in [0.1, 0.15) is 15.4 Å². The van der Waals surface area contributed by atoms with E-state index in [4.69, 9.17) is 0 Å². The number of nitrogens with zero attached hydrogens (tertiary/aromatic N) is 5. The van der Waals surface area contributed by atoms with Crippen molar-refractivity contribution in [2.75, 3.05) is 11.9 Å². The van der Waals surface area contributed by atoms with Crippen LogP contribution in [0, 0.1) is 13.8 Å². The zero-order valence-corrected chi connectivity index (χ0v) is 24.1. The van der Waals surface area contributed by atoms with Gasteiger partial charge in [0.2, 0.25) is 0 Å². The summed E-state index contributed by atoms with van der Waals surface area (Å²) in [5.74, 6) is 0.659. The lowest BCUT2D eigenvalue weighted by Gasteiger charge is -2.23. The van der Waals surface area contributed by atoms with Crippen molar-refractivity contribution in [2.45, 2.75) is 63.8 Å². The number of thiophene rings is 1. The number of pyridine rings is 1. The summed E-state index contributed by atoms with van der Waals surface area (Å²) in [6.45, 7) is 6.70. The molecule has 1 aromatic carbocycles. The average molecular weight is 561 g/mol. The summed E-state index contributed by atoms with van der Waals surface area (Å²) in [7, 11) is 0. The highest BCUT2D eigenvalue weighted by Gasteiger charge is 2.20. The molecule has 0 spiro atoms. The maximum atomic E-state index is 13.0. The van der Waals surface area contributed by atoms with Gasteiger partial charge in [-0.2, -0.15) is 0 Å². The van der Waals surface area contributed by atoms with Crippen molar-refractivity contribution in [3.8, 4) is 5.69 Å². The quantitative estimate of drug-likeness (QED) is 0.259. The Bertz CT molecular complexity index is 1730. The van der Waals surface area contributed by atoms with Gasteiger partial charge in [0.05, 0.1) is 27.8 Å². The molecule has 0 unspecified atom stereocenters. The van der Waals surface area contributed by atoms with E-state index < -0.39 is 0 Å². The van der Waals surface area contributed by atoms with Crippen LogP contribution < -0.4 is 16.4 Å². The summed E-state index contributed by atoms with van der Waals surface area (Å²) >= 11 is 5.55. The van der Waals surface area contributed by atoms with Gasteiger partial charge in [-0.1, -0.05) is 37.0 Å². The second-order valence-electron chi connectivity index (χ2n) is 9.76. The lowest BCUT2D eigenvalue weighted by atomic mass is 9.95. The van der Waals surface area contributed by atoms with Gasteiger partial charge in [-0.3, -0.25) is 18.7 Å². The van der Waals surface area contributed by atoms with Crippen molar-refractivity contribution in [1.29, 1.82) is 0 Å². The fraction of sp³-hybridized carbons (Fsp3) is 0.345. The molecule has 0 aliphatic heterocycles. The molecule has 39 heavy (non-hydrogen) atoms. The maximum absolute atomic E-state index is 13.0. The molecule has 1 aliphatic rings. The van der Waals surface area contributed by atoms with Gasteiger partial charge in [-0.05, 0) is 51.8 Å². The first-order valence-corrected chi connectivity index (χ1v) is 14.5. The first-order valence-electron chi connectivity index (χ1n) is 13.3. The zero-order valence-electron chi connectivity index (χ0n) is 22.3. The SMILES string of the molecule is CCNc1ccnc2sc3c(=O)n(C4CCCCC4)cnc3c12.Cc1ccc(-n2c(C)ncc(S)c2=O)cc1. The van der Waals surface area contributed by atoms with Crippen molar-refractivity contribution in [3.05, 3.63) is 81.1 Å². The van der Waals surface area contributed by atoms with Crippen LogP contribution in [0.3, 0.4) is 0 Å². The number of anilines is 1. The number of nitrogens with one attached hydrogen (secondary N) is 1. The Morgan fingerprint density at radius 2 is 1.74 bits per heavy atom. The standard InChI is InChI=1S/C17H20N4OS.C12H12N2OS/c1-2-18-12-8-9-19-16-13(12)14-15(23-16)17(22)21(10-20-14)11-6-4-3-5-7-11;1-8-3-5-10(6-4-8)14-9(2)13-7-11(16)12(14)15/h8-11H,2-7H2,1H3,(H,18,19);3-7,16H,1-2H3. The molecule has 8 nitrogen and oxygen atoms in total. The van der Waals surface area contributed by atoms with Crippen molar-refractivity contribution < 1.29 is 0 Å². The summed E-state index contributed by atoms with van der Waals surface area (Å²) < 4.78 is 4.14. The highest BCUT2D eigenvalue weighted by Crippen LogP contribution is 2.35. The molecule has 10 heteroatoms. The van der Waals surface area contributed by atoms with Crippen LogP contribution in [-0.4, -0.2) is 30.6 Å². The number of aromatic nitrogens is 5. The third-order valence-corrected chi connectivity index (χ3v) is 8.44. The molecule has 1 saturated carbocycles. The average Bonchev–Trinajstić information content (AvgIpc) is 3.34. The third-order valence-electron chi connectivity index (χ3n) is 7.05. The fourth-order valence-corrected chi connectivity index (χ4v) is 6.27. The minimum Gasteiger partial charge on any atom is -0.385 e. The normalized spacial score (nSPS) is 13.8. The van der Waals surface area contributed by atoms with Crippen LogP contribution in [0.5, 0.6) is 0 Å². The maximum Gasteiger partial charge on any atom is 0.271 e. The van der Waals surface area contributed by atoms with Crippen LogP contribution in [-0.2, 0) is 0 Å². The molecule has 1 N–H and O–H groups in total. The third kappa shape index (κ3) is 5.49. The number of hydrogen-bond acceptors (Lipinski definition) is 8. The second kappa shape index (κ2) is 11.7. The van der Waals surface area contributed by atoms with Crippen LogP contribution in [0.4, 0.5) is 5.69 Å². The minimum atomic E-state index is -0.139. The first kappa shape index (κ1) is 27.1. The van der Waals surface area contributed by atoms with E-state index in [0.717, 1.165) is 56.8 Å². The van der Waals surface area contributed by atoms with Gasteiger partial charge in [0.15, 0.2) is 0 Å². The summed E-state index contributed by atoms with van der Waals surface area (Å²) in [6.07, 6.45) is 10.9. The minimum absolute atomic E-state index is 0.0901. The van der Waals surface area contributed by atoms with Crippen LogP contribution >= 0.6 is 24.0 Å². The molecule has 4 heterocycles. The number of hydrogen-bond donors (Lipinski definition) is 2. The molecule has 202 valence electrons. The van der Waals surface area contributed by atoms with Gasteiger partial charge in [-0.15, -0.1) is 24.0 Å². The lowest BCUT2D eigenvalue weighted by Crippen LogP contribution is -2.26. The van der Waals surface area contributed by atoms with Gasteiger partial charge in [-0.25, -0.2) is 15.0 Å². The molecule has 1 aliphatic carbocycles. The van der Waals surface area contributed by atoms with E-state index in [1.807, 2.05) is 41.8 Å². The van der Waals surface area contributed by atoms with E-state index >= 15 is 0 Å². The van der Waals surface area contributed by atoms with E-state index in [1.54, 1.807) is 24.0 Å². The molecule has 0 bridgehead atoms. The van der Waals surface area contributed by atoms with E-state index in [1.165, 1.54) is 36.8 Å². The van der Waals surface area contributed by atoms with Crippen LogP contribution in [0.2, 0.25) is 0 Å². The molecule has 5 aromatic rings. The second-order valence-corrected chi connectivity index (χ2v) is 11.2. The number of thiol groups is 1. The number of benzene rings is 1. The summed E-state index contributed by atoms with van der Waals surface area (Å²) in [5.41, 5.74) is 3.71. The molecule has 0 saturated heterocycles. The summed E-state index contributed by atoms with van der Waals surface area (Å²) in [4.78, 5) is 39.3. The monoisotopic (exact) mass is 560 g/mol. The Labute approximate surface area is 236 Å². The largest absolute Gasteiger partial charge is 0.385 e. The van der Waals surface area contributed by atoms with E-state index in [9.17, 15) is 9.59 Å². The van der Waals surface area contributed by atoms with Crippen molar-refractivity contribution in [1.82, 2.24) is 24.1 Å². The van der Waals surface area contributed by atoms with E-state index in [0.29, 0.717) is 16.8 Å². The van der Waals surface area contributed by atoms with Gasteiger partial charge < -0.3 is 5.32 Å².